The summed E-state index contributed by atoms with van der Waals surface area (Å²) in [7, 11) is 0. The highest BCUT2D eigenvalue weighted by Gasteiger charge is 2.30. The molecule has 0 radical (unpaired) electrons. The van der Waals surface area contributed by atoms with Crippen molar-refractivity contribution in [2.45, 2.75) is 39.2 Å². The van der Waals surface area contributed by atoms with Crippen molar-refractivity contribution < 1.29 is 4.79 Å². The minimum absolute atomic E-state index is 0.185. The molecule has 17 heavy (non-hydrogen) atoms. The van der Waals surface area contributed by atoms with Gasteiger partial charge in [-0.25, -0.2) is 4.68 Å². The van der Waals surface area contributed by atoms with E-state index in [2.05, 4.69) is 24.2 Å². The van der Waals surface area contributed by atoms with Gasteiger partial charge >= 0.3 is 0 Å². The maximum Gasteiger partial charge on any atom is 0.225 e. The number of likely N-dealkylation sites (tertiary alicyclic amines) is 1. The van der Waals surface area contributed by atoms with Gasteiger partial charge < -0.3 is 4.90 Å². The number of aromatic nitrogens is 3. The summed E-state index contributed by atoms with van der Waals surface area (Å²) in [6, 6.07) is 0.302. The van der Waals surface area contributed by atoms with Crippen LogP contribution < -0.4 is 0 Å². The molecule has 2 heterocycles. The Morgan fingerprint density at radius 3 is 2.82 bits per heavy atom. The van der Waals surface area contributed by atoms with Crippen molar-refractivity contribution in [1.29, 1.82) is 0 Å². The van der Waals surface area contributed by atoms with Gasteiger partial charge in [0.15, 0.2) is 0 Å². The monoisotopic (exact) mass is 236 g/mol. The number of amides is 1. The topological polar surface area (TPSA) is 51.0 Å². The van der Waals surface area contributed by atoms with Gasteiger partial charge in [0.25, 0.3) is 0 Å². The van der Waals surface area contributed by atoms with Gasteiger partial charge in [-0.1, -0.05) is 19.1 Å². The molecule has 1 aromatic rings. The largest absolute Gasteiger partial charge is 0.340 e. The summed E-state index contributed by atoms with van der Waals surface area (Å²) in [6.45, 7) is 5.78. The Labute approximate surface area is 102 Å². The van der Waals surface area contributed by atoms with Crippen LogP contribution in [0.25, 0.3) is 0 Å². The van der Waals surface area contributed by atoms with E-state index >= 15 is 0 Å². The zero-order valence-corrected chi connectivity index (χ0v) is 10.5. The van der Waals surface area contributed by atoms with Crippen molar-refractivity contribution in [1.82, 2.24) is 19.9 Å². The third kappa shape index (κ3) is 2.48. The molecular weight excluding hydrogens is 216 g/mol. The SMILES string of the molecule is CCC(CC)C(=O)N1CCC(n2ccnn2)C1. The number of rotatable bonds is 4. The lowest BCUT2D eigenvalue weighted by Gasteiger charge is -2.21. The van der Waals surface area contributed by atoms with Crippen molar-refractivity contribution in [3.05, 3.63) is 12.4 Å². The fourth-order valence-electron chi connectivity index (χ4n) is 2.47. The molecule has 1 amide bonds. The lowest BCUT2D eigenvalue weighted by molar-refractivity contribution is -0.134. The highest BCUT2D eigenvalue weighted by molar-refractivity contribution is 5.79. The molecule has 1 aromatic heterocycles. The van der Waals surface area contributed by atoms with Crippen molar-refractivity contribution in [3.8, 4) is 0 Å². The third-order valence-electron chi connectivity index (χ3n) is 3.62. The van der Waals surface area contributed by atoms with E-state index in [1.54, 1.807) is 6.20 Å². The number of hydrogen-bond donors (Lipinski definition) is 0. The summed E-state index contributed by atoms with van der Waals surface area (Å²) in [5.41, 5.74) is 0. The van der Waals surface area contributed by atoms with E-state index in [1.807, 2.05) is 15.8 Å². The van der Waals surface area contributed by atoms with Crippen molar-refractivity contribution in [2.24, 2.45) is 5.92 Å². The maximum absolute atomic E-state index is 12.2. The summed E-state index contributed by atoms with van der Waals surface area (Å²) in [5, 5.41) is 7.82. The van der Waals surface area contributed by atoms with Gasteiger partial charge in [0.05, 0.1) is 12.2 Å². The molecule has 0 bridgehead atoms. The maximum atomic E-state index is 12.2. The van der Waals surface area contributed by atoms with Gasteiger partial charge in [-0.3, -0.25) is 4.79 Å². The molecule has 1 aliphatic heterocycles. The second kappa shape index (κ2) is 5.29. The second-order valence-corrected chi connectivity index (χ2v) is 4.62. The van der Waals surface area contributed by atoms with Crippen LogP contribution in [0, 0.1) is 5.92 Å². The molecular formula is C12H20N4O. The van der Waals surface area contributed by atoms with Crippen LogP contribution in [0.3, 0.4) is 0 Å². The van der Waals surface area contributed by atoms with E-state index < -0.39 is 0 Å². The zero-order chi connectivity index (χ0) is 12.3. The predicted octanol–water partition coefficient (Wildman–Crippen LogP) is 1.49. The summed E-state index contributed by atoms with van der Waals surface area (Å²) in [4.78, 5) is 14.2. The zero-order valence-electron chi connectivity index (χ0n) is 10.5. The van der Waals surface area contributed by atoms with Crippen LogP contribution in [0.15, 0.2) is 12.4 Å². The van der Waals surface area contributed by atoms with E-state index in [0.717, 1.165) is 32.4 Å². The Hall–Kier alpha value is -1.39. The molecule has 0 saturated carbocycles. The minimum Gasteiger partial charge on any atom is -0.340 e. The first-order chi connectivity index (χ1) is 8.26. The molecule has 0 N–H and O–H groups in total. The van der Waals surface area contributed by atoms with Gasteiger partial charge in [0.2, 0.25) is 5.91 Å². The standard InChI is InChI=1S/C12H20N4O/c1-3-10(4-2)12(17)15-7-5-11(9-15)16-8-6-13-14-16/h6,8,10-11H,3-5,7,9H2,1-2H3. The summed E-state index contributed by atoms with van der Waals surface area (Å²) in [6.07, 6.45) is 6.40. The number of carbonyl (C=O) groups excluding carboxylic acids is 1. The first-order valence-electron chi connectivity index (χ1n) is 6.40. The van der Waals surface area contributed by atoms with Crippen molar-refractivity contribution >= 4 is 5.91 Å². The van der Waals surface area contributed by atoms with E-state index in [0.29, 0.717) is 11.9 Å². The lowest BCUT2D eigenvalue weighted by atomic mass is 10.0. The predicted molar refractivity (Wildman–Crippen MR) is 64.3 cm³/mol. The van der Waals surface area contributed by atoms with Crippen molar-refractivity contribution in [3.63, 3.8) is 0 Å². The van der Waals surface area contributed by atoms with Crippen LogP contribution in [-0.4, -0.2) is 38.9 Å². The summed E-state index contributed by atoms with van der Waals surface area (Å²) < 4.78 is 1.86. The highest BCUT2D eigenvalue weighted by Crippen LogP contribution is 2.23. The van der Waals surface area contributed by atoms with E-state index in [4.69, 9.17) is 0 Å². The van der Waals surface area contributed by atoms with Crippen LogP contribution in [0.1, 0.15) is 39.2 Å². The van der Waals surface area contributed by atoms with Crippen LogP contribution in [-0.2, 0) is 4.79 Å². The molecule has 0 aromatic carbocycles. The molecule has 1 fully saturated rings. The van der Waals surface area contributed by atoms with E-state index in [9.17, 15) is 4.79 Å². The molecule has 5 nitrogen and oxygen atoms in total. The molecule has 5 heteroatoms. The average molecular weight is 236 g/mol. The number of nitrogens with zero attached hydrogens (tertiary/aromatic N) is 4. The molecule has 1 unspecified atom stereocenters. The third-order valence-corrected chi connectivity index (χ3v) is 3.62. The Bertz CT molecular complexity index is 359. The quantitative estimate of drug-likeness (QED) is 0.795. The molecule has 2 rings (SSSR count). The lowest BCUT2D eigenvalue weighted by Crippen LogP contribution is -2.34. The Kier molecular flexibility index (Phi) is 3.76. The molecule has 1 aliphatic rings. The summed E-state index contributed by atoms with van der Waals surface area (Å²) in [5.74, 6) is 0.488. The first kappa shape index (κ1) is 12.1. The Balaban J connectivity index is 1.96. The summed E-state index contributed by atoms with van der Waals surface area (Å²) >= 11 is 0. The van der Waals surface area contributed by atoms with Gasteiger partial charge in [-0.15, -0.1) is 5.10 Å². The number of carbonyl (C=O) groups is 1. The fourth-order valence-corrected chi connectivity index (χ4v) is 2.47. The van der Waals surface area contributed by atoms with Crippen molar-refractivity contribution in [2.75, 3.05) is 13.1 Å². The normalized spacial score (nSPS) is 20.2. The first-order valence-corrected chi connectivity index (χ1v) is 6.40. The van der Waals surface area contributed by atoms with Crippen LogP contribution in [0.5, 0.6) is 0 Å². The molecule has 0 aliphatic carbocycles. The van der Waals surface area contributed by atoms with Gasteiger partial charge in [0.1, 0.15) is 0 Å². The molecule has 1 atom stereocenters. The second-order valence-electron chi connectivity index (χ2n) is 4.62. The Morgan fingerprint density at radius 2 is 2.24 bits per heavy atom. The number of hydrogen-bond acceptors (Lipinski definition) is 3. The van der Waals surface area contributed by atoms with Gasteiger partial charge in [-0.2, -0.15) is 0 Å². The Morgan fingerprint density at radius 1 is 1.47 bits per heavy atom. The molecule has 1 saturated heterocycles. The van der Waals surface area contributed by atoms with Crippen LogP contribution >= 0.6 is 0 Å². The van der Waals surface area contributed by atoms with E-state index in [-0.39, 0.29) is 5.92 Å². The molecule has 0 spiro atoms. The average Bonchev–Trinajstić information content (AvgIpc) is 3.01. The van der Waals surface area contributed by atoms with Crippen LogP contribution in [0.4, 0.5) is 0 Å². The smallest absolute Gasteiger partial charge is 0.225 e. The highest BCUT2D eigenvalue weighted by atomic mass is 16.2. The molecule has 94 valence electrons. The van der Waals surface area contributed by atoms with Gasteiger partial charge in [0, 0.05) is 25.2 Å². The fraction of sp³-hybridized carbons (Fsp3) is 0.750. The van der Waals surface area contributed by atoms with Crippen LogP contribution in [0.2, 0.25) is 0 Å². The van der Waals surface area contributed by atoms with E-state index in [1.165, 1.54) is 0 Å². The van der Waals surface area contributed by atoms with Gasteiger partial charge in [-0.05, 0) is 19.3 Å². The minimum atomic E-state index is 0.185.